The van der Waals surface area contributed by atoms with Gasteiger partial charge in [0, 0.05) is 10.7 Å². The van der Waals surface area contributed by atoms with E-state index < -0.39 is 6.04 Å². The van der Waals surface area contributed by atoms with Gasteiger partial charge in [-0.2, -0.15) is 0 Å². The summed E-state index contributed by atoms with van der Waals surface area (Å²) in [6, 6.07) is 12.0. The number of halogens is 1. The Labute approximate surface area is 164 Å². The minimum absolute atomic E-state index is 0.0397. The molecule has 2 amide bonds. The zero-order valence-electron chi connectivity index (χ0n) is 15.9. The molecule has 0 spiro atoms. The number of nitrogens with one attached hydrogen (secondary N) is 2. The van der Waals surface area contributed by atoms with E-state index in [0.29, 0.717) is 16.5 Å². The molecule has 2 rings (SSSR count). The summed E-state index contributed by atoms with van der Waals surface area (Å²) in [7, 11) is 3.24. The molecule has 0 heterocycles. The minimum atomic E-state index is -0.489. The van der Waals surface area contributed by atoms with Crippen LogP contribution in [0.4, 0.5) is 11.4 Å². The molecule has 2 N–H and O–H groups in total. The average molecular weight is 390 g/mol. The first kappa shape index (κ1) is 20.7. The average Bonchev–Trinajstić information content (AvgIpc) is 2.63. The fourth-order valence-corrected chi connectivity index (χ4v) is 2.65. The van der Waals surface area contributed by atoms with Crippen molar-refractivity contribution in [1.29, 1.82) is 0 Å². The van der Waals surface area contributed by atoms with E-state index in [0.717, 1.165) is 11.3 Å². The molecule has 0 fully saturated rings. The summed E-state index contributed by atoms with van der Waals surface area (Å²) < 4.78 is 5.22. The predicted octanol–water partition coefficient (Wildman–Crippen LogP) is 3.55. The quantitative estimate of drug-likeness (QED) is 0.759. The lowest BCUT2D eigenvalue weighted by Gasteiger charge is -2.24. The lowest BCUT2D eigenvalue weighted by Crippen LogP contribution is -2.43. The van der Waals surface area contributed by atoms with E-state index in [1.54, 1.807) is 37.1 Å². The molecule has 0 saturated heterocycles. The van der Waals surface area contributed by atoms with Gasteiger partial charge in [-0.15, -0.1) is 0 Å². The minimum Gasteiger partial charge on any atom is -0.495 e. The number of carbonyl (C=O) groups excluding carboxylic acids is 2. The number of hydrogen-bond donors (Lipinski definition) is 2. The zero-order chi connectivity index (χ0) is 20.0. The van der Waals surface area contributed by atoms with Crippen LogP contribution in [0.25, 0.3) is 0 Å². The standard InChI is InChI=1S/C20H24ClN3O3/c1-13-7-5-6-8-16(13)23-20(26)14(2)24(3)12-19(25)22-17-11-15(21)9-10-18(17)27-4/h5-11,14H,12H2,1-4H3,(H,22,25)(H,23,26). The Morgan fingerprint density at radius 3 is 2.52 bits per heavy atom. The summed E-state index contributed by atoms with van der Waals surface area (Å²) >= 11 is 5.97. The largest absolute Gasteiger partial charge is 0.495 e. The molecular formula is C20H24ClN3O3. The van der Waals surface area contributed by atoms with E-state index in [2.05, 4.69) is 10.6 Å². The van der Waals surface area contributed by atoms with Crippen LogP contribution in [0.1, 0.15) is 12.5 Å². The van der Waals surface area contributed by atoms with Gasteiger partial charge >= 0.3 is 0 Å². The van der Waals surface area contributed by atoms with Crippen LogP contribution in [-0.4, -0.2) is 43.5 Å². The van der Waals surface area contributed by atoms with E-state index in [9.17, 15) is 9.59 Å². The van der Waals surface area contributed by atoms with Crippen LogP contribution in [0.5, 0.6) is 5.75 Å². The molecule has 0 bridgehead atoms. The highest BCUT2D eigenvalue weighted by atomic mass is 35.5. The van der Waals surface area contributed by atoms with Crippen molar-refractivity contribution in [2.24, 2.45) is 0 Å². The van der Waals surface area contributed by atoms with Crippen molar-refractivity contribution in [3.63, 3.8) is 0 Å². The van der Waals surface area contributed by atoms with Crippen LogP contribution in [0.3, 0.4) is 0 Å². The number of methoxy groups -OCH3 is 1. The highest BCUT2D eigenvalue weighted by molar-refractivity contribution is 6.31. The Morgan fingerprint density at radius 1 is 1.15 bits per heavy atom. The maximum atomic E-state index is 12.5. The molecule has 0 aliphatic rings. The molecule has 1 unspecified atom stereocenters. The smallest absolute Gasteiger partial charge is 0.241 e. The van der Waals surface area contributed by atoms with Crippen molar-refractivity contribution in [3.05, 3.63) is 53.1 Å². The van der Waals surface area contributed by atoms with Gasteiger partial charge in [0.1, 0.15) is 5.75 Å². The van der Waals surface area contributed by atoms with Crippen molar-refractivity contribution in [2.75, 3.05) is 31.3 Å². The van der Waals surface area contributed by atoms with Crippen LogP contribution in [0.15, 0.2) is 42.5 Å². The molecule has 2 aromatic rings. The van der Waals surface area contributed by atoms with Crippen molar-refractivity contribution in [3.8, 4) is 5.75 Å². The molecule has 0 aromatic heterocycles. The Morgan fingerprint density at radius 2 is 1.85 bits per heavy atom. The molecule has 1 atom stereocenters. The van der Waals surface area contributed by atoms with E-state index in [-0.39, 0.29) is 18.4 Å². The molecule has 7 heteroatoms. The molecule has 6 nitrogen and oxygen atoms in total. The number of benzene rings is 2. The van der Waals surface area contributed by atoms with Crippen LogP contribution in [0.2, 0.25) is 5.02 Å². The number of hydrogen-bond acceptors (Lipinski definition) is 4. The summed E-state index contributed by atoms with van der Waals surface area (Å²) in [4.78, 5) is 26.5. The monoisotopic (exact) mass is 389 g/mol. The maximum absolute atomic E-state index is 12.5. The summed E-state index contributed by atoms with van der Waals surface area (Å²) in [5.74, 6) is 0.0642. The van der Waals surface area contributed by atoms with Gasteiger partial charge in [0.05, 0.1) is 25.4 Å². The van der Waals surface area contributed by atoms with Gasteiger partial charge in [-0.3, -0.25) is 14.5 Å². The predicted molar refractivity (Wildman–Crippen MR) is 109 cm³/mol. The summed E-state index contributed by atoms with van der Waals surface area (Å²) in [6.45, 7) is 3.72. The Bertz CT molecular complexity index is 826. The molecule has 0 radical (unpaired) electrons. The normalized spacial score (nSPS) is 11.8. The van der Waals surface area contributed by atoms with Crippen molar-refractivity contribution >= 4 is 34.8 Å². The topological polar surface area (TPSA) is 70.7 Å². The second kappa shape index (κ2) is 9.39. The number of likely N-dealkylation sites (N-methyl/N-ethyl adjacent to an activating group) is 1. The van der Waals surface area contributed by atoms with Gasteiger partial charge in [-0.25, -0.2) is 0 Å². The van der Waals surface area contributed by atoms with Gasteiger partial charge in [-0.1, -0.05) is 29.8 Å². The Hall–Kier alpha value is -2.57. The molecule has 144 valence electrons. The SMILES string of the molecule is COc1ccc(Cl)cc1NC(=O)CN(C)C(C)C(=O)Nc1ccccc1C. The fraction of sp³-hybridized carbons (Fsp3) is 0.300. The zero-order valence-corrected chi connectivity index (χ0v) is 16.6. The van der Waals surface area contributed by atoms with E-state index in [1.165, 1.54) is 7.11 Å². The highest BCUT2D eigenvalue weighted by Crippen LogP contribution is 2.27. The highest BCUT2D eigenvalue weighted by Gasteiger charge is 2.21. The van der Waals surface area contributed by atoms with Gasteiger partial charge in [0.15, 0.2) is 0 Å². The fourth-order valence-electron chi connectivity index (χ4n) is 2.48. The summed E-state index contributed by atoms with van der Waals surface area (Å²) in [5, 5.41) is 6.14. The molecule has 0 saturated carbocycles. The Kier molecular flexibility index (Phi) is 7.21. The van der Waals surface area contributed by atoms with Gasteiger partial charge < -0.3 is 15.4 Å². The molecule has 0 aliphatic heterocycles. The van der Waals surface area contributed by atoms with E-state index in [1.807, 2.05) is 31.2 Å². The van der Waals surface area contributed by atoms with Crippen LogP contribution in [0, 0.1) is 6.92 Å². The number of rotatable bonds is 7. The summed E-state index contributed by atoms with van der Waals surface area (Å²) in [5.41, 5.74) is 2.22. The van der Waals surface area contributed by atoms with E-state index in [4.69, 9.17) is 16.3 Å². The number of amides is 2. The first-order valence-electron chi connectivity index (χ1n) is 8.52. The number of carbonyl (C=O) groups is 2. The number of aryl methyl sites for hydroxylation is 1. The molecule has 27 heavy (non-hydrogen) atoms. The third-order valence-electron chi connectivity index (χ3n) is 4.27. The van der Waals surface area contributed by atoms with E-state index >= 15 is 0 Å². The van der Waals surface area contributed by atoms with Crippen molar-refractivity contribution in [1.82, 2.24) is 4.90 Å². The lowest BCUT2D eigenvalue weighted by molar-refractivity contribution is -0.122. The number of para-hydroxylation sites is 1. The molecular weight excluding hydrogens is 366 g/mol. The number of anilines is 2. The van der Waals surface area contributed by atoms with Gasteiger partial charge in [-0.05, 0) is 50.7 Å². The molecule has 0 aliphatic carbocycles. The van der Waals surface area contributed by atoms with Gasteiger partial charge in [0.25, 0.3) is 0 Å². The van der Waals surface area contributed by atoms with Gasteiger partial charge in [0.2, 0.25) is 11.8 Å². The number of ether oxygens (including phenoxy) is 1. The lowest BCUT2D eigenvalue weighted by atomic mass is 10.2. The number of nitrogens with zero attached hydrogens (tertiary/aromatic N) is 1. The maximum Gasteiger partial charge on any atom is 0.241 e. The summed E-state index contributed by atoms with van der Waals surface area (Å²) in [6.07, 6.45) is 0. The first-order chi connectivity index (χ1) is 12.8. The van der Waals surface area contributed by atoms with Crippen LogP contribution >= 0.6 is 11.6 Å². The molecule has 2 aromatic carbocycles. The second-order valence-corrected chi connectivity index (χ2v) is 6.72. The van der Waals surface area contributed by atoms with Crippen LogP contribution < -0.4 is 15.4 Å². The van der Waals surface area contributed by atoms with Crippen molar-refractivity contribution < 1.29 is 14.3 Å². The van der Waals surface area contributed by atoms with Crippen LogP contribution in [-0.2, 0) is 9.59 Å². The Balaban J connectivity index is 1.96. The first-order valence-corrected chi connectivity index (χ1v) is 8.89. The third-order valence-corrected chi connectivity index (χ3v) is 4.51. The third kappa shape index (κ3) is 5.70. The second-order valence-electron chi connectivity index (χ2n) is 6.29. The van der Waals surface area contributed by atoms with Crippen molar-refractivity contribution in [2.45, 2.75) is 19.9 Å².